The molecule has 9 heteroatoms. The van der Waals surface area contributed by atoms with E-state index in [0.717, 1.165) is 10.5 Å². The molecular weight excluding hydrogens is 352 g/mol. The summed E-state index contributed by atoms with van der Waals surface area (Å²) in [5.74, 6) is -1.28. The summed E-state index contributed by atoms with van der Waals surface area (Å²) in [6.45, 7) is -0.00590. The molecule has 26 heavy (non-hydrogen) atoms. The van der Waals surface area contributed by atoms with Gasteiger partial charge in [-0.1, -0.05) is 30.3 Å². The quantitative estimate of drug-likeness (QED) is 0.763. The summed E-state index contributed by atoms with van der Waals surface area (Å²) >= 11 is 0. The van der Waals surface area contributed by atoms with Gasteiger partial charge < -0.3 is 4.90 Å². The standard InChI is InChI=1S/C17H16F4N4O/c18-11-9-12(10-5-2-1-3-6-10)25-15(11)22-14(23-25)16(26)24-8-4-7-13(24)17(19,20)21/h1-3,5-6,11-13H,4,7-9H2/t11-,12-,13+/m0/s1. The molecule has 1 fully saturated rings. The highest BCUT2D eigenvalue weighted by Gasteiger charge is 2.49. The molecule has 138 valence electrons. The van der Waals surface area contributed by atoms with Crippen molar-refractivity contribution in [1.29, 1.82) is 0 Å². The smallest absolute Gasteiger partial charge is 0.324 e. The first-order valence-corrected chi connectivity index (χ1v) is 8.39. The number of halogens is 4. The van der Waals surface area contributed by atoms with Gasteiger partial charge in [0, 0.05) is 13.0 Å². The molecule has 0 bridgehead atoms. The molecule has 3 atom stereocenters. The Morgan fingerprint density at radius 3 is 2.62 bits per heavy atom. The van der Waals surface area contributed by atoms with E-state index in [9.17, 15) is 22.4 Å². The number of alkyl halides is 4. The Hall–Kier alpha value is -2.45. The van der Waals surface area contributed by atoms with Gasteiger partial charge in [-0.25, -0.2) is 14.1 Å². The summed E-state index contributed by atoms with van der Waals surface area (Å²) in [7, 11) is 0. The van der Waals surface area contributed by atoms with E-state index in [4.69, 9.17) is 0 Å². The summed E-state index contributed by atoms with van der Waals surface area (Å²) in [6.07, 6.45) is -5.64. The van der Waals surface area contributed by atoms with Crippen LogP contribution in [0.2, 0.25) is 0 Å². The topological polar surface area (TPSA) is 51.0 Å². The van der Waals surface area contributed by atoms with Crippen LogP contribution < -0.4 is 0 Å². The Morgan fingerprint density at radius 2 is 1.92 bits per heavy atom. The Kier molecular flexibility index (Phi) is 3.96. The fourth-order valence-electron chi connectivity index (χ4n) is 3.70. The molecule has 0 aliphatic carbocycles. The molecule has 2 aromatic rings. The molecule has 1 aromatic heterocycles. The van der Waals surface area contributed by atoms with Gasteiger partial charge in [-0.3, -0.25) is 4.79 Å². The number of fused-ring (bicyclic) bond motifs is 1. The molecule has 5 nitrogen and oxygen atoms in total. The fraction of sp³-hybridized carbons (Fsp3) is 0.471. The lowest BCUT2D eigenvalue weighted by molar-refractivity contribution is -0.169. The second-order valence-electron chi connectivity index (χ2n) is 6.57. The zero-order valence-corrected chi connectivity index (χ0v) is 13.7. The average Bonchev–Trinajstić information content (AvgIpc) is 3.31. The third kappa shape index (κ3) is 2.75. The van der Waals surface area contributed by atoms with E-state index in [-0.39, 0.29) is 37.5 Å². The molecule has 2 aliphatic rings. The predicted molar refractivity (Wildman–Crippen MR) is 83.2 cm³/mol. The van der Waals surface area contributed by atoms with Gasteiger partial charge in [0.2, 0.25) is 5.82 Å². The van der Waals surface area contributed by atoms with Crippen LogP contribution in [0.1, 0.15) is 53.5 Å². The Bertz CT molecular complexity index is 820. The number of carbonyl (C=O) groups excluding carboxylic acids is 1. The van der Waals surface area contributed by atoms with Crippen molar-refractivity contribution in [2.75, 3.05) is 6.54 Å². The zero-order valence-electron chi connectivity index (χ0n) is 13.7. The largest absolute Gasteiger partial charge is 0.408 e. The van der Waals surface area contributed by atoms with E-state index in [1.165, 1.54) is 4.68 Å². The summed E-state index contributed by atoms with van der Waals surface area (Å²) in [6, 6.07) is 6.81. The van der Waals surface area contributed by atoms with Crippen LogP contribution in [-0.4, -0.2) is 44.3 Å². The molecule has 1 amide bonds. The lowest BCUT2D eigenvalue weighted by Gasteiger charge is -2.25. The molecule has 0 unspecified atom stereocenters. The highest BCUT2D eigenvalue weighted by atomic mass is 19.4. The minimum Gasteiger partial charge on any atom is -0.324 e. The Balaban J connectivity index is 1.64. The number of benzene rings is 1. The number of nitrogens with zero attached hydrogens (tertiary/aromatic N) is 4. The average molecular weight is 368 g/mol. The molecule has 0 radical (unpaired) electrons. The van der Waals surface area contributed by atoms with Crippen LogP contribution in [0, 0.1) is 0 Å². The van der Waals surface area contributed by atoms with Crippen LogP contribution in [-0.2, 0) is 0 Å². The SMILES string of the molecule is O=C(c1nc2n(n1)[C@H](c1ccccc1)C[C@@H]2F)N1CCC[C@@H]1C(F)(F)F. The van der Waals surface area contributed by atoms with Crippen molar-refractivity contribution in [2.24, 2.45) is 0 Å². The van der Waals surface area contributed by atoms with Gasteiger partial charge in [0.1, 0.15) is 6.04 Å². The zero-order chi connectivity index (χ0) is 18.5. The van der Waals surface area contributed by atoms with Gasteiger partial charge in [-0.05, 0) is 18.4 Å². The number of hydrogen-bond donors (Lipinski definition) is 0. The van der Waals surface area contributed by atoms with Crippen molar-refractivity contribution in [3.05, 3.63) is 47.5 Å². The van der Waals surface area contributed by atoms with Crippen molar-refractivity contribution in [1.82, 2.24) is 19.7 Å². The van der Waals surface area contributed by atoms with Crippen LogP contribution in [0.3, 0.4) is 0 Å². The summed E-state index contributed by atoms with van der Waals surface area (Å²) in [4.78, 5) is 17.2. The minimum absolute atomic E-state index is 0.00590. The number of carbonyl (C=O) groups is 1. The monoisotopic (exact) mass is 368 g/mol. The molecule has 0 spiro atoms. The molecule has 0 N–H and O–H groups in total. The van der Waals surface area contributed by atoms with Crippen molar-refractivity contribution >= 4 is 5.91 Å². The van der Waals surface area contributed by atoms with Gasteiger partial charge in [0.05, 0.1) is 6.04 Å². The third-order valence-corrected chi connectivity index (χ3v) is 4.93. The van der Waals surface area contributed by atoms with Crippen LogP contribution in [0.4, 0.5) is 17.6 Å². The first-order chi connectivity index (χ1) is 12.4. The fourth-order valence-corrected chi connectivity index (χ4v) is 3.70. The van der Waals surface area contributed by atoms with Crippen molar-refractivity contribution in [3.63, 3.8) is 0 Å². The maximum Gasteiger partial charge on any atom is 0.408 e. The maximum absolute atomic E-state index is 14.3. The van der Waals surface area contributed by atoms with Crippen LogP contribution >= 0.6 is 0 Å². The molecule has 1 aromatic carbocycles. The van der Waals surface area contributed by atoms with E-state index in [0.29, 0.717) is 0 Å². The van der Waals surface area contributed by atoms with Gasteiger partial charge >= 0.3 is 6.18 Å². The second kappa shape index (κ2) is 6.07. The molecule has 3 heterocycles. The van der Waals surface area contributed by atoms with E-state index in [1.807, 2.05) is 30.3 Å². The predicted octanol–water partition coefficient (Wildman–Crippen LogP) is 3.45. The van der Waals surface area contributed by atoms with E-state index in [2.05, 4.69) is 10.1 Å². The number of likely N-dealkylation sites (tertiary alicyclic amines) is 1. The number of hydrogen-bond acceptors (Lipinski definition) is 3. The number of rotatable bonds is 2. The van der Waals surface area contributed by atoms with Crippen molar-refractivity contribution < 1.29 is 22.4 Å². The van der Waals surface area contributed by atoms with Gasteiger partial charge in [-0.15, -0.1) is 5.10 Å². The van der Waals surface area contributed by atoms with Crippen LogP contribution in [0.15, 0.2) is 30.3 Å². The molecule has 4 rings (SSSR count). The summed E-state index contributed by atoms with van der Waals surface area (Å²) in [5.41, 5.74) is 0.812. The Morgan fingerprint density at radius 1 is 1.19 bits per heavy atom. The minimum atomic E-state index is -4.50. The summed E-state index contributed by atoms with van der Waals surface area (Å²) < 4.78 is 55.0. The highest BCUT2D eigenvalue weighted by molar-refractivity contribution is 5.91. The van der Waals surface area contributed by atoms with Crippen molar-refractivity contribution in [3.8, 4) is 0 Å². The van der Waals surface area contributed by atoms with Crippen LogP contribution in [0.25, 0.3) is 0 Å². The molecule has 0 saturated carbocycles. The van der Waals surface area contributed by atoms with Crippen molar-refractivity contribution in [2.45, 2.75) is 43.7 Å². The molecule has 2 aliphatic heterocycles. The lowest BCUT2D eigenvalue weighted by atomic mass is 10.0. The van der Waals surface area contributed by atoms with Gasteiger partial charge in [0.25, 0.3) is 5.91 Å². The second-order valence-corrected chi connectivity index (χ2v) is 6.57. The van der Waals surface area contributed by atoms with E-state index < -0.39 is 30.3 Å². The lowest BCUT2D eigenvalue weighted by Crippen LogP contribution is -2.45. The maximum atomic E-state index is 14.3. The highest BCUT2D eigenvalue weighted by Crippen LogP contribution is 2.40. The first kappa shape index (κ1) is 17.0. The first-order valence-electron chi connectivity index (χ1n) is 8.39. The van der Waals surface area contributed by atoms with Gasteiger partial charge in [0.15, 0.2) is 12.0 Å². The van der Waals surface area contributed by atoms with E-state index in [1.54, 1.807) is 0 Å². The van der Waals surface area contributed by atoms with Crippen LogP contribution in [0.5, 0.6) is 0 Å². The Labute approximate surface area is 146 Å². The van der Waals surface area contributed by atoms with E-state index >= 15 is 0 Å². The number of aromatic nitrogens is 3. The van der Waals surface area contributed by atoms with Gasteiger partial charge in [-0.2, -0.15) is 13.2 Å². The molecular formula is C17H16F4N4O. The molecule has 1 saturated heterocycles. The summed E-state index contributed by atoms with van der Waals surface area (Å²) in [5, 5.41) is 4.07. The third-order valence-electron chi connectivity index (χ3n) is 4.93. The number of amides is 1. The normalized spacial score (nSPS) is 25.5.